The molecule has 0 radical (unpaired) electrons. The van der Waals surface area contributed by atoms with Crippen LogP contribution in [0, 0.1) is 0 Å². The van der Waals surface area contributed by atoms with E-state index in [9.17, 15) is 0 Å². The van der Waals surface area contributed by atoms with Crippen LogP contribution in [0.2, 0.25) is 0 Å². The third kappa shape index (κ3) is 106. The van der Waals surface area contributed by atoms with Gasteiger partial charge in [0, 0.05) is 13.2 Å². The van der Waals surface area contributed by atoms with Crippen LogP contribution in [-0.2, 0) is 0 Å². The van der Waals surface area contributed by atoms with Gasteiger partial charge in [0.2, 0.25) is 0 Å². The molecule has 0 saturated heterocycles. The lowest BCUT2D eigenvalue weighted by Gasteiger charge is -1.69. The van der Waals surface area contributed by atoms with Crippen LogP contribution in [0.3, 0.4) is 0 Å². The number of hydrogen-bond donors (Lipinski definition) is 3. The van der Waals surface area contributed by atoms with Crippen molar-refractivity contribution in [3.8, 4) is 0 Å². The highest BCUT2D eigenvalue weighted by Crippen LogP contribution is 1.61. The Hall–Kier alpha value is -0.120. The summed E-state index contributed by atoms with van der Waals surface area (Å²) >= 11 is 0. The lowest BCUT2D eigenvalue weighted by Crippen LogP contribution is -1.69. The zero-order valence-corrected chi connectivity index (χ0v) is 7.30. The Morgan fingerprint density at radius 2 is 1.00 bits per heavy atom. The van der Waals surface area contributed by atoms with Crippen molar-refractivity contribution in [1.29, 1.82) is 0 Å². The molecule has 0 saturated carbocycles. The van der Waals surface area contributed by atoms with Crippen molar-refractivity contribution >= 4 is 0 Å². The maximum Gasteiger partial charge on any atom is 0.0428 e. The third-order valence-corrected chi connectivity index (χ3v) is 0.447. The lowest BCUT2D eigenvalue weighted by molar-refractivity contribution is 0.294. The van der Waals surface area contributed by atoms with Gasteiger partial charge in [0.15, 0.2) is 0 Å². The van der Waals surface area contributed by atoms with Crippen LogP contribution in [0.4, 0.5) is 0 Å². The first-order valence-electron chi connectivity index (χ1n) is 3.62. The number of rotatable bonds is 2. The summed E-state index contributed by atoms with van der Waals surface area (Å²) in [5.41, 5.74) is 4.50. The molecule has 0 aromatic heterocycles. The molecule has 4 N–H and O–H groups in total. The van der Waals surface area contributed by atoms with Gasteiger partial charge in [0.1, 0.15) is 0 Å². The van der Waals surface area contributed by atoms with Gasteiger partial charge in [-0.25, -0.2) is 0 Å². The summed E-state index contributed by atoms with van der Waals surface area (Å²) < 4.78 is 0. The van der Waals surface area contributed by atoms with Crippen LogP contribution in [0.1, 0.15) is 26.7 Å². The van der Waals surface area contributed by atoms with Crippen LogP contribution in [-0.4, -0.2) is 30.5 Å². The summed E-state index contributed by atoms with van der Waals surface area (Å²) in [6, 6.07) is 0. The van der Waals surface area contributed by atoms with Crippen LogP contribution in [0.25, 0.3) is 0 Å². The van der Waals surface area contributed by atoms with Crippen LogP contribution in [0.5, 0.6) is 0 Å². The van der Waals surface area contributed by atoms with E-state index in [-0.39, 0.29) is 0 Å². The predicted molar refractivity (Wildman–Crippen MR) is 44.9 cm³/mol. The van der Waals surface area contributed by atoms with Gasteiger partial charge in [-0.1, -0.05) is 13.8 Å². The molecular formula is C7H21NO2. The first kappa shape index (κ1) is 16.5. The van der Waals surface area contributed by atoms with Crippen LogP contribution < -0.4 is 5.73 Å². The monoisotopic (exact) mass is 151 g/mol. The Kier molecular flexibility index (Phi) is 60.3. The average molecular weight is 151 g/mol. The zero-order chi connectivity index (χ0) is 8.83. The van der Waals surface area contributed by atoms with Gasteiger partial charge in [0.05, 0.1) is 0 Å². The molecule has 0 fully saturated rings. The molecule has 0 amide bonds. The summed E-state index contributed by atoms with van der Waals surface area (Å²) in [6.07, 6.45) is 1.75. The van der Waals surface area contributed by atoms with E-state index in [1.165, 1.54) is 7.05 Å². The molecule has 0 aromatic carbocycles. The van der Waals surface area contributed by atoms with E-state index in [1.54, 1.807) is 0 Å². The fourth-order valence-electron chi connectivity index (χ4n) is 0. The topological polar surface area (TPSA) is 66.5 Å². The van der Waals surface area contributed by atoms with E-state index in [1.807, 2.05) is 13.8 Å². The van der Waals surface area contributed by atoms with Crippen molar-refractivity contribution < 1.29 is 10.2 Å². The van der Waals surface area contributed by atoms with Gasteiger partial charge in [-0.15, -0.1) is 0 Å². The highest BCUT2D eigenvalue weighted by atomic mass is 16.3. The maximum atomic E-state index is 7.88. The number of hydrogen-bond acceptors (Lipinski definition) is 3. The van der Waals surface area contributed by atoms with Crippen molar-refractivity contribution in [2.75, 3.05) is 20.3 Å². The van der Waals surface area contributed by atoms with E-state index < -0.39 is 0 Å². The quantitative estimate of drug-likeness (QED) is 0.533. The molecule has 0 aliphatic heterocycles. The van der Waals surface area contributed by atoms with Crippen LogP contribution >= 0.6 is 0 Å². The Balaban J connectivity index is -0.0000000787. The number of aliphatic hydroxyl groups is 2. The molecule has 0 rings (SSSR count). The molecule has 0 aliphatic carbocycles. The standard InChI is InChI=1S/2C3H8O.CH5N/c2*1-2-3-4;1-2/h2*4H,2-3H2,1H3;2H2,1H3. The van der Waals surface area contributed by atoms with Gasteiger partial charge in [0.25, 0.3) is 0 Å². The van der Waals surface area contributed by atoms with E-state index in [0.29, 0.717) is 13.2 Å². The highest BCUT2D eigenvalue weighted by Gasteiger charge is 1.57. The second-order valence-corrected chi connectivity index (χ2v) is 1.45. The summed E-state index contributed by atoms with van der Waals surface area (Å²) in [5.74, 6) is 0. The third-order valence-electron chi connectivity index (χ3n) is 0.447. The molecule has 0 atom stereocenters. The Morgan fingerprint density at radius 1 is 0.900 bits per heavy atom. The minimum atomic E-state index is 0.319. The van der Waals surface area contributed by atoms with Crippen molar-refractivity contribution in [2.45, 2.75) is 26.7 Å². The summed E-state index contributed by atoms with van der Waals surface area (Å²) in [7, 11) is 1.50. The van der Waals surface area contributed by atoms with Crippen LogP contribution in [0.15, 0.2) is 0 Å². The molecule has 0 spiro atoms. The molecule has 0 bridgehead atoms. The van der Waals surface area contributed by atoms with Gasteiger partial charge in [-0.2, -0.15) is 0 Å². The zero-order valence-electron chi connectivity index (χ0n) is 7.30. The maximum absolute atomic E-state index is 7.88. The Bertz CT molecular complexity index is 19.6. The molecule has 0 aliphatic rings. The summed E-state index contributed by atoms with van der Waals surface area (Å²) in [6.45, 7) is 4.50. The highest BCUT2D eigenvalue weighted by molar-refractivity contribution is 4.10. The number of nitrogens with two attached hydrogens (primary N) is 1. The van der Waals surface area contributed by atoms with E-state index >= 15 is 0 Å². The molecule has 10 heavy (non-hydrogen) atoms. The minimum Gasteiger partial charge on any atom is -0.396 e. The molecule has 66 valence electrons. The smallest absolute Gasteiger partial charge is 0.0428 e. The van der Waals surface area contributed by atoms with Gasteiger partial charge in [-0.3, -0.25) is 0 Å². The van der Waals surface area contributed by atoms with Crippen molar-refractivity contribution in [2.24, 2.45) is 5.73 Å². The molecule has 0 unspecified atom stereocenters. The number of aliphatic hydroxyl groups excluding tert-OH is 2. The molecular weight excluding hydrogens is 130 g/mol. The van der Waals surface area contributed by atoms with Crippen molar-refractivity contribution in [3.05, 3.63) is 0 Å². The van der Waals surface area contributed by atoms with Crippen molar-refractivity contribution in [3.63, 3.8) is 0 Å². The minimum absolute atomic E-state index is 0.319. The van der Waals surface area contributed by atoms with E-state index in [4.69, 9.17) is 10.2 Å². The van der Waals surface area contributed by atoms with Gasteiger partial charge in [-0.05, 0) is 19.9 Å². The van der Waals surface area contributed by atoms with Gasteiger partial charge >= 0.3 is 0 Å². The molecule has 0 heterocycles. The second-order valence-electron chi connectivity index (χ2n) is 1.45. The predicted octanol–water partition coefficient (Wildman–Crippen LogP) is 0.352. The Labute approximate surface area is 63.9 Å². The van der Waals surface area contributed by atoms with Crippen molar-refractivity contribution in [1.82, 2.24) is 0 Å². The van der Waals surface area contributed by atoms with E-state index in [2.05, 4.69) is 5.73 Å². The first-order valence-corrected chi connectivity index (χ1v) is 3.62. The fourth-order valence-corrected chi connectivity index (χ4v) is 0. The second kappa shape index (κ2) is 36.6. The van der Waals surface area contributed by atoms with E-state index in [0.717, 1.165) is 12.8 Å². The fraction of sp³-hybridized carbons (Fsp3) is 1.00. The first-order chi connectivity index (χ1) is 4.83. The summed E-state index contributed by atoms with van der Waals surface area (Å²) in [4.78, 5) is 0. The summed E-state index contributed by atoms with van der Waals surface area (Å²) in [5, 5.41) is 15.8. The molecule has 0 aromatic rings. The molecule has 3 nitrogen and oxygen atoms in total. The SMILES string of the molecule is CCCO.CCCO.CN. The Morgan fingerprint density at radius 3 is 1.00 bits per heavy atom. The molecule has 3 heteroatoms. The van der Waals surface area contributed by atoms with Gasteiger partial charge < -0.3 is 15.9 Å². The lowest BCUT2D eigenvalue weighted by atomic mass is 10.5. The average Bonchev–Trinajstić information content (AvgIpc) is 2.08. The normalized spacial score (nSPS) is 6.60. The largest absolute Gasteiger partial charge is 0.396 e.